The fourth-order valence-corrected chi connectivity index (χ4v) is 1.89. The van der Waals surface area contributed by atoms with E-state index in [1.54, 1.807) is 4.90 Å². The lowest BCUT2D eigenvalue weighted by atomic mass is 10.1. The Morgan fingerprint density at radius 1 is 1.28 bits per heavy atom. The first-order chi connectivity index (χ1) is 8.39. The van der Waals surface area contributed by atoms with E-state index in [9.17, 15) is 18.0 Å². The summed E-state index contributed by atoms with van der Waals surface area (Å²) in [5, 5.41) is 0. The molecule has 0 radical (unpaired) electrons. The van der Waals surface area contributed by atoms with E-state index in [1.807, 2.05) is 0 Å². The Morgan fingerprint density at radius 3 is 2.33 bits per heavy atom. The number of rotatable bonds is 2. The molecule has 0 saturated carbocycles. The highest BCUT2D eigenvalue weighted by Gasteiger charge is 2.41. The molecule has 2 N–H and O–H groups in total. The van der Waals surface area contributed by atoms with Gasteiger partial charge in [0.25, 0.3) is 11.9 Å². The fourth-order valence-electron chi connectivity index (χ4n) is 1.89. The lowest BCUT2D eigenvalue weighted by Crippen LogP contribution is -2.29. The van der Waals surface area contributed by atoms with Gasteiger partial charge in [-0.2, -0.15) is 18.2 Å². The number of amides is 1. The summed E-state index contributed by atoms with van der Waals surface area (Å²) in [4.78, 5) is 15.9. The summed E-state index contributed by atoms with van der Waals surface area (Å²) in [6.45, 7) is 1.13. The molecule has 0 bridgehead atoms. The highest BCUT2D eigenvalue weighted by Crippen LogP contribution is 2.34. The van der Waals surface area contributed by atoms with Crippen LogP contribution in [0.1, 0.15) is 35.5 Å². The van der Waals surface area contributed by atoms with Crippen molar-refractivity contribution >= 4 is 11.9 Å². The minimum absolute atomic E-state index is 0.184. The summed E-state index contributed by atoms with van der Waals surface area (Å²) in [6, 6.07) is -0.184. The van der Waals surface area contributed by atoms with Crippen LogP contribution in [0, 0.1) is 0 Å². The number of nitrogens with zero attached hydrogens (tertiary/aromatic N) is 2. The molecule has 8 heteroatoms. The molecule has 18 heavy (non-hydrogen) atoms. The van der Waals surface area contributed by atoms with E-state index in [4.69, 9.17) is 10.2 Å². The van der Waals surface area contributed by atoms with E-state index in [1.165, 1.54) is 0 Å². The van der Waals surface area contributed by atoms with Crippen molar-refractivity contribution in [1.82, 2.24) is 4.98 Å². The van der Waals surface area contributed by atoms with Gasteiger partial charge in [-0.1, -0.05) is 0 Å². The Morgan fingerprint density at radius 2 is 1.89 bits per heavy atom. The number of oxazole rings is 1. The lowest BCUT2D eigenvalue weighted by Gasteiger charge is -2.24. The molecular weight excluding hydrogens is 251 g/mol. The summed E-state index contributed by atoms with van der Waals surface area (Å²) in [5.41, 5.74) is 3.51. The van der Waals surface area contributed by atoms with Crippen molar-refractivity contribution in [2.24, 2.45) is 5.73 Å². The molecule has 1 aromatic heterocycles. The maximum absolute atomic E-state index is 12.6. The van der Waals surface area contributed by atoms with Gasteiger partial charge in [0, 0.05) is 13.1 Å². The number of anilines is 1. The molecule has 0 atom stereocenters. The Balaban J connectivity index is 2.35. The van der Waals surface area contributed by atoms with Gasteiger partial charge in [-0.3, -0.25) is 4.79 Å². The predicted octanol–water partition coefficient (Wildman–Crippen LogP) is 1.78. The minimum Gasteiger partial charge on any atom is -0.417 e. The van der Waals surface area contributed by atoms with Gasteiger partial charge in [0.1, 0.15) is 0 Å². The molecule has 1 saturated heterocycles. The number of aromatic nitrogens is 1. The topological polar surface area (TPSA) is 72.4 Å². The van der Waals surface area contributed by atoms with Crippen LogP contribution in [0.5, 0.6) is 0 Å². The number of halogens is 3. The van der Waals surface area contributed by atoms with E-state index in [0.29, 0.717) is 13.1 Å². The van der Waals surface area contributed by atoms with Gasteiger partial charge in [0.05, 0.1) is 0 Å². The van der Waals surface area contributed by atoms with Crippen molar-refractivity contribution in [2.75, 3.05) is 18.0 Å². The second-order valence-corrected chi connectivity index (χ2v) is 4.08. The monoisotopic (exact) mass is 263 g/mol. The van der Waals surface area contributed by atoms with Crippen LogP contribution in [0.25, 0.3) is 0 Å². The van der Waals surface area contributed by atoms with Crippen LogP contribution in [-0.2, 0) is 6.18 Å². The van der Waals surface area contributed by atoms with Crippen molar-refractivity contribution < 1.29 is 22.4 Å². The summed E-state index contributed by atoms with van der Waals surface area (Å²) >= 11 is 0. The van der Waals surface area contributed by atoms with Gasteiger partial charge in [-0.15, -0.1) is 0 Å². The Bertz CT molecular complexity index is 450. The van der Waals surface area contributed by atoms with Gasteiger partial charge in [0.15, 0.2) is 5.69 Å². The number of hydrogen-bond acceptors (Lipinski definition) is 4. The summed E-state index contributed by atoms with van der Waals surface area (Å²) in [7, 11) is 0. The Labute approximate surface area is 101 Å². The van der Waals surface area contributed by atoms with Gasteiger partial charge < -0.3 is 15.1 Å². The molecule has 1 fully saturated rings. The third-order valence-corrected chi connectivity index (χ3v) is 2.73. The molecule has 0 aliphatic carbocycles. The lowest BCUT2D eigenvalue weighted by molar-refractivity contribution is -0.141. The quantitative estimate of drug-likeness (QED) is 0.882. The smallest absolute Gasteiger partial charge is 0.417 e. The molecule has 1 aliphatic rings. The highest BCUT2D eigenvalue weighted by molar-refractivity contribution is 5.91. The van der Waals surface area contributed by atoms with E-state index >= 15 is 0 Å². The number of piperidine rings is 1. The first-order valence-corrected chi connectivity index (χ1v) is 5.52. The zero-order valence-electron chi connectivity index (χ0n) is 9.46. The number of alkyl halides is 3. The van der Waals surface area contributed by atoms with Crippen LogP contribution in [0.15, 0.2) is 4.42 Å². The molecule has 1 amide bonds. The van der Waals surface area contributed by atoms with Crippen LogP contribution in [-0.4, -0.2) is 24.0 Å². The van der Waals surface area contributed by atoms with E-state index < -0.39 is 23.5 Å². The second kappa shape index (κ2) is 4.51. The summed E-state index contributed by atoms with van der Waals surface area (Å²) < 4.78 is 42.8. The summed E-state index contributed by atoms with van der Waals surface area (Å²) in [6.07, 6.45) is -2.01. The van der Waals surface area contributed by atoms with Crippen molar-refractivity contribution in [3.05, 3.63) is 11.5 Å². The van der Waals surface area contributed by atoms with Gasteiger partial charge in [0.2, 0.25) is 5.76 Å². The maximum atomic E-state index is 12.6. The first-order valence-electron chi connectivity index (χ1n) is 5.52. The number of hydrogen-bond donors (Lipinski definition) is 1. The zero-order valence-corrected chi connectivity index (χ0v) is 9.46. The van der Waals surface area contributed by atoms with Gasteiger partial charge >= 0.3 is 6.18 Å². The number of nitrogens with two attached hydrogens (primary N) is 1. The Hall–Kier alpha value is -1.73. The molecule has 1 aliphatic heterocycles. The van der Waals surface area contributed by atoms with Crippen molar-refractivity contribution in [2.45, 2.75) is 25.4 Å². The number of carbonyl (C=O) groups excluding carboxylic acids is 1. The van der Waals surface area contributed by atoms with E-state index in [2.05, 4.69) is 4.98 Å². The normalized spacial score (nSPS) is 16.9. The van der Waals surface area contributed by atoms with Gasteiger partial charge in [-0.25, -0.2) is 0 Å². The molecule has 2 heterocycles. The van der Waals surface area contributed by atoms with Crippen LogP contribution >= 0.6 is 0 Å². The zero-order chi connectivity index (χ0) is 13.3. The van der Waals surface area contributed by atoms with Crippen molar-refractivity contribution in [3.8, 4) is 0 Å². The number of carbonyl (C=O) groups is 1. The van der Waals surface area contributed by atoms with E-state index in [0.717, 1.165) is 19.3 Å². The van der Waals surface area contributed by atoms with E-state index in [-0.39, 0.29) is 6.01 Å². The fraction of sp³-hybridized carbons (Fsp3) is 0.600. The Kier molecular flexibility index (Phi) is 3.18. The largest absolute Gasteiger partial charge is 0.437 e. The van der Waals surface area contributed by atoms with Crippen LogP contribution < -0.4 is 10.6 Å². The van der Waals surface area contributed by atoms with Crippen molar-refractivity contribution in [3.63, 3.8) is 0 Å². The third-order valence-electron chi connectivity index (χ3n) is 2.73. The van der Waals surface area contributed by atoms with Crippen LogP contribution in [0.2, 0.25) is 0 Å². The SMILES string of the molecule is NC(=O)c1oc(N2CCCCC2)nc1C(F)(F)F. The minimum atomic E-state index is -4.75. The summed E-state index contributed by atoms with van der Waals surface area (Å²) in [5.74, 6) is -2.19. The number of primary amides is 1. The third kappa shape index (κ3) is 2.41. The standard InChI is InChI=1S/C10H12F3N3O2/c11-10(12,13)7-6(8(14)17)18-9(15-7)16-4-2-1-3-5-16/h1-5H2,(H2,14,17). The maximum Gasteiger partial charge on any atom is 0.437 e. The highest BCUT2D eigenvalue weighted by atomic mass is 19.4. The molecule has 0 spiro atoms. The van der Waals surface area contributed by atoms with Gasteiger partial charge in [-0.05, 0) is 19.3 Å². The second-order valence-electron chi connectivity index (χ2n) is 4.08. The molecule has 1 aromatic rings. The molecule has 0 aromatic carbocycles. The average molecular weight is 263 g/mol. The molecule has 100 valence electrons. The first kappa shape index (κ1) is 12.7. The molecule has 0 unspecified atom stereocenters. The molecular formula is C10H12F3N3O2. The van der Waals surface area contributed by atoms with Crippen LogP contribution in [0.4, 0.5) is 19.2 Å². The van der Waals surface area contributed by atoms with Crippen molar-refractivity contribution in [1.29, 1.82) is 0 Å². The van der Waals surface area contributed by atoms with Crippen LogP contribution in [0.3, 0.4) is 0 Å². The average Bonchev–Trinajstić information content (AvgIpc) is 2.74. The molecule has 5 nitrogen and oxygen atoms in total. The predicted molar refractivity (Wildman–Crippen MR) is 56.1 cm³/mol. The molecule has 2 rings (SSSR count).